The summed E-state index contributed by atoms with van der Waals surface area (Å²) in [5.74, 6) is 0. The average molecular weight is 576 g/mol. The molecule has 0 spiro atoms. The second kappa shape index (κ2) is 10.2. The van der Waals surface area contributed by atoms with Crippen LogP contribution in [0.2, 0.25) is 0 Å². The monoisotopic (exact) mass is 575 g/mol. The summed E-state index contributed by atoms with van der Waals surface area (Å²) < 4.78 is 1.58. The van der Waals surface area contributed by atoms with Gasteiger partial charge in [-0.25, -0.2) is 14.2 Å². The number of alkyl halides is 1. The van der Waals surface area contributed by atoms with Gasteiger partial charge in [0.1, 0.15) is 0 Å². The van der Waals surface area contributed by atoms with Gasteiger partial charge in [-0.1, -0.05) is 90.0 Å². The zero-order chi connectivity index (χ0) is 28.8. The van der Waals surface area contributed by atoms with Gasteiger partial charge in [0.2, 0.25) is 0 Å². The maximum Gasteiger partial charge on any atom is 0.408 e. The molecule has 1 aliphatic carbocycles. The van der Waals surface area contributed by atoms with E-state index in [4.69, 9.17) is 16.6 Å². The van der Waals surface area contributed by atoms with Crippen LogP contribution in [0.4, 0.5) is 4.79 Å². The van der Waals surface area contributed by atoms with Crippen LogP contribution in [0.15, 0.2) is 103 Å². The van der Waals surface area contributed by atoms with Gasteiger partial charge in [0.25, 0.3) is 0 Å². The number of fused-ring (bicyclic) bond motifs is 3. The van der Waals surface area contributed by atoms with E-state index in [-0.39, 0.29) is 17.9 Å². The van der Waals surface area contributed by atoms with E-state index in [0.717, 1.165) is 39.9 Å². The van der Waals surface area contributed by atoms with E-state index in [0.29, 0.717) is 23.1 Å². The van der Waals surface area contributed by atoms with Gasteiger partial charge in [-0.15, -0.1) is 16.7 Å². The zero-order valence-corrected chi connectivity index (χ0v) is 23.2. The van der Waals surface area contributed by atoms with Crippen molar-refractivity contribution in [3.63, 3.8) is 0 Å². The van der Waals surface area contributed by atoms with Crippen LogP contribution in [0, 0.1) is 0 Å². The summed E-state index contributed by atoms with van der Waals surface area (Å²) in [5.41, 5.74) is 6.29. The van der Waals surface area contributed by atoms with Crippen molar-refractivity contribution in [2.24, 2.45) is 0 Å². The highest BCUT2D eigenvalue weighted by Gasteiger charge is 2.53. The van der Waals surface area contributed by atoms with Gasteiger partial charge >= 0.3 is 12.1 Å². The van der Waals surface area contributed by atoms with E-state index in [1.54, 1.807) is 10.5 Å². The minimum Gasteiger partial charge on any atom is -0.479 e. The molecule has 0 aliphatic heterocycles. The number of amides is 1. The summed E-state index contributed by atoms with van der Waals surface area (Å²) in [5, 5.41) is 28.2. The number of hydrogen-bond donors (Lipinski definition) is 2. The second-order valence-corrected chi connectivity index (χ2v) is 11.1. The molecular weight excluding hydrogens is 550 g/mol. The number of aromatic nitrogens is 4. The molecule has 9 heteroatoms. The molecule has 0 radical (unpaired) electrons. The summed E-state index contributed by atoms with van der Waals surface area (Å²) in [6.45, 7) is 0.246. The number of rotatable bonds is 6. The topological polar surface area (TPSA) is 104 Å². The molecule has 2 atom stereocenters. The van der Waals surface area contributed by atoms with Crippen LogP contribution in [0.1, 0.15) is 24.0 Å². The Kier molecular flexibility index (Phi) is 6.28. The molecule has 2 unspecified atom stereocenters. The Hall–Kier alpha value is -4.95. The van der Waals surface area contributed by atoms with Crippen molar-refractivity contribution in [2.45, 2.75) is 30.3 Å². The molecule has 0 bridgehead atoms. The minimum absolute atomic E-state index is 0.201. The van der Waals surface area contributed by atoms with Crippen LogP contribution < -0.4 is 0 Å². The standard InChI is InChI=1S/C33H26ClN5O3/c34-28-17-18-33(28,38(32(41)42)20-21-7-3-1-4-8-21)24-13-11-23(12-14-24)30-25(22-9-5-2-6-10-22)19-27-26(35-30)15-16-29-36-37-31(40)39(27)29/h1-16,19,28H,17-18,20H2,(H,37,40)(H,41,42). The summed E-state index contributed by atoms with van der Waals surface area (Å²) in [6, 6.07) is 32.9. The Morgan fingerprint density at radius 1 is 0.929 bits per heavy atom. The molecule has 0 saturated heterocycles. The van der Waals surface area contributed by atoms with E-state index in [1.807, 2.05) is 97.1 Å². The Morgan fingerprint density at radius 2 is 1.64 bits per heavy atom. The van der Waals surface area contributed by atoms with Gasteiger partial charge in [0, 0.05) is 17.7 Å². The fraction of sp³-hybridized carbons (Fsp3) is 0.152. The zero-order valence-electron chi connectivity index (χ0n) is 22.4. The average Bonchev–Trinajstić information content (AvgIpc) is 3.41. The largest absolute Gasteiger partial charge is 0.479 e. The lowest BCUT2D eigenvalue weighted by atomic mass is 9.69. The van der Waals surface area contributed by atoms with E-state index in [1.165, 1.54) is 4.90 Å². The SMILES string of the molecule is O=C(O)N(Cc1ccccc1)C1(c2ccc(-c3nc4ccc5nnc(O)n5c4cc3-c3ccccc3)cc2)CCC1Cl. The van der Waals surface area contributed by atoms with Crippen molar-refractivity contribution in [3.05, 3.63) is 114 Å². The second-order valence-electron chi connectivity index (χ2n) is 10.5. The maximum atomic E-state index is 12.6. The highest BCUT2D eigenvalue weighted by molar-refractivity contribution is 6.22. The van der Waals surface area contributed by atoms with E-state index >= 15 is 0 Å². The Labute approximate surface area is 246 Å². The summed E-state index contributed by atoms with van der Waals surface area (Å²) >= 11 is 6.84. The minimum atomic E-state index is -1.00. The molecule has 8 nitrogen and oxygen atoms in total. The lowest BCUT2D eigenvalue weighted by Crippen LogP contribution is -2.59. The van der Waals surface area contributed by atoms with Crippen LogP contribution in [0.3, 0.4) is 0 Å². The number of benzene rings is 3. The lowest BCUT2D eigenvalue weighted by Gasteiger charge is -2.53. The van der Waals surface area contributed by atoms with Gasteiger partial charge in [-0.05, 0) is 47.7 Å². The van der Waals surface area contributed by atoms with Crippen molar-refractivity contribution < 1.29 is 15.0 Å². The van der Waals surface area contributed by atoms with Crippen LogP contribution in [-0.4, -0.2) is 46.2 Å². The molecule has 3 aromatic heterocycles. The van der Waals surface area contributed by atoms with Crippen molar-refractivity contribution in [1.82, 2.24) is 24.5 Å². The third-order valence-electron chi connectivity index (χ3n) is 8.27. The maximum absolute atomic E-state index is 12.6. The molecule has 1 amide bonds. The van der Waals surface area contributed by atoms with Crippen molar-refractivity contribution in [1.29, 1.82) is 0 Å². The highest BCUT2D eigenvalue weighted by Crippen LogP contribution is 2.51. The van der Waals surface area contributed by atoms with Crippen LogP contribution in [-0.2, 0) is 12.1 Å². The molecule has 1 fully saturated rings. The summed E-state index contributed by atoms with van der Waals surface area (Å²) in [4.78, 5) is 19.1. The van der Waals surface area contributed by atoms with Crippen LogP contribution >= 0.6 is 11.6 Å². The Bertz CT molecular complexity index is 1930. The number of nitrogens with zero attached hydrogens (tertiary/aromatic N) is 5. The molecular formula is C33H26ClN5O3. The quantitative estimate of drug-likeness (QED) is 0.205. The molecule has 6 aromatic rings. The van der Waals surface area contributed by atoms with Crippen molar-refractivity contribution >= 4 is 34.4 Å². The Balaban J connectivity index is 1.34. The highest BCUT2D eigenvalue weighted by atomic mass is 35.5. The molecule has 3 aromatic carbocycles. The van der Waals surface area contributed by atoms with E-state index in [2.05, 4.69) is 10.2 Å². The number of halogens is 1. The predicted octanol–water partition coefficient (Wildman–Crippen LogP) is 7.09. The first kappa shape index (κ1) is 26.0. The van der Waals surface area contributed by atoms with Gasteiger partial charge in [0.05, 0.1) is 27.6 Å². The predicted molar refractivity (Wildman–Crippen MR) is 161 cm³/mol. The number of carbonyl (C=O) groups is 1. The lowest BCUT2D eigenvalue weighted by molar-refractivity contribution is 0.0183. The van der Waals surface area contributed by atoms with E-state index < -0.39 is 11.6 Å². The molecule has 42 heavy (non-hydrogen) atoms. The number of aromatic hydroxyl groups is 1. The van der Waals surface area contributed by atoms with Gasteiger partial charge in [0.15, 0.2) is 5.65 Å². The van der Waals surface area contributed by atoms with E-state index in [9.17, 15) is 15.0 Å². The molecule has 1 saturated carbocycles. The molecule has 2 N–H and O–H groups in total. The number of pyridine rings is 2. The van der Waals surface area contributed by atoms with Crippen molar-refractivity contribution in [3.8, 4) is 28.4 Å². The number of hydrogen-bond acceptors (Lipinski definition) is 5. The normalized spacial score (nSPS) is 18.2. The summed E-state index contributed by atoms with van der Waals surface area (Å²) in [7, 11) is 0. The molecule has 208 valence electrons. The van der Waals surface area contributed by atoms with Gasteiger partial charge in [-0.3, -0.25) is 4.90 Å². The molecule has 7 rings (SSSR count). The number of carboxylic acid groups (broad SMARTS) is 1. The van der Waals surface area contributed by atoms with Gasteiger partial charge < -0.3 is 10.2 Å². The third kappa shape index (κ3) is 4.14. The Morgan fingerprint density at radius 3 is 2.29 bits per heavy atom. The smallest absolute Gasteiger partial charge is 0.408 e. The van der Waals surface area contributed by atoms with Gasteiger partial charge in [-0.2, -0.15) is 0 Å². The van der Waals surface area contributed by atoms with Crippen LogP contribution in [0.5, 0.6) is 6.01 Å². The first-order chi connectivity index (χ1) is 20.5. The fourth-order valence-corrected chi connectivity index (χ4v) is 6.49. The third-order valence-corrected chi connectivity index (χ3v) is 8.85. The van der Waals surface area contributed by atoms with Crippen molar-refractivity contribution in [2.75, 3.05) is 0 Å². The summed E-state index contributed by atoms with van der Waals surface area (Å²) in [6.07, 6.45) is 0.373. The molecule has 3 heterocycles. The van der Waals surface area contributed by atoms with Crippen LogP contribution in [0.25, 0.3) is 39.1 Å². The first-order valence-electron chi connectivity index (χ1n) is 13.7. The molecule has 1 aliphatic rings. The fourth-order valence-electron chi connectivity index (χ4n) is 6.03. The first-order valence-corrected chi connectivity index (χ1v) is 14.1.